The van der Waals surface area contributed by atoms with Crippen LogP contribution < -0.4 is 10.2 Å². The van der Waals surface area contributed by atoms with Crippen LogP contribution in [0.4, 0.5) is 11.4 Å². The van der Waals surface area contributed by atoms with E-state index in [0.717, 1.165) is 22.3 Å². The third kappa shape index (κ3) is 3.11. The van der Waals surface area contributed by atoms with E-state index >= 15 is 0 Å². The van der Waals surface area contributed by atoms with E-state index in [9.17, 15) is 0 Å². The number of nitrogens with one attached hydrogen (secondary N) is 1. The zero-order chi connectivity index (χ0) is 13.1. The summed E-state index contributed by atoms with van der Waals surface area (Å²) in [5.74, 6) is 0.756. The Hall–Kier alpha value is -0.890. The van der Waals surface area contributed by atoms with Crippen LogP contribution in [0.5, 0.6) is 0 Å². The van der Waals surface area contributed by atoms with Crippen molar-refractivity contribution in [3.63, 3.8) is 0 Å². The molecule has 0 saturated heterocycles. The lowest BCUT2D eigenvalue weighted by Gasteiger charge is -2.30. The van der Waals surface area contributed by atoms with E-state index in [0.29, 0.717) is 6.04 Å². The van der Waals surface area contributed by atoms with Crippen molar-refractivity contribution < 1.29 is 0 Å². The van der Waals surface area contributed by atoms with Gasteiger partial charge in [0.05, 0.1) is 10.7 Å². The summed E-state index contributed by atoms with van der Waals surface area (Å²) in [5.41, 5.74) is 2.21. The monoisotopic (exact) mass is 266 g/mol. The van der Waals surface area contributed by atoms with Crippen molar-refractivity contribution in [2.24, 2.45) is 5.92 Å². The molecular weight excluding hydrogens is 244 g/mol. The van der Waals surface area contributed by atoms with E-state index in [1.165, 1.54) is 25.7 Å². The van der Waals surface area contributed by atoms with E-state index in [1.807, 2.05) is 25.1 Å². The molecule has 1 N–H and O–H groups in total. The molecular formula is C15H23ClN2. The molecule has 0 radical (unpaired) electrons. The van der Waals surface area contributed by atoms with Crippen molar-refractivity contribution in [3.8, 4) is 0 Å². The molecule has 1 aliphatic carbocycles. The smallest absolute Gasteiger partial charge is 0.0659 e. The lowest BCUT2D eigenvalue weighted by atomic mass is 9.86. The van der Waals surface area contributed by atoms with Gasteiger partial charge in [-0.2, -0.15) is 0 Å². The van der Waals surface area contributed by atoms with E-state index in [-0.39, 0.29) is 0 Å². The number of hydrogen-bond acceptors (Lipinski definition) is 2. The van der Waals surface area contributed by atoms with Crippen LogP contribution >= 0.6 is 11.6 Å². The molecule has 0 aliphatic heterocycles. The molecule has 1 aliphatic rings. The highest BCUT2D eigenvalue weighted by atomic mass is 35.5. The molecule has 0 spiro atoms. The van der Waals surface area contributed by atoms with Gasteiger partial charge in [0.2, 0.25) is 0 Å². The highest BCUT2D eigenvalue weighted by molar-refractivity contribution is 6.33. The zero-order valence-corrected chi connectivity index (χ0v) is 12.3. The number of anilines is 2. The van der Waals surface area contributed by atoms with Crippen molar-refractivity contribution in [2.45, 2.75) is 38.6 Å². The first-order valence-electron chi connectivity index (χ1n) is 6.81. The van der Waals surface area contributed by atoms with Gasteiger partial charge in [0.15, 0.2) is 0 Å². The van der Waals surface area contributed by atoms with Gasteiger partial charge in [-0.25, -0.2) is 0 Å². The lowest BCUT2D eigenvalue weighted by Crippen LogP contribution is -2.30. The van der Waals surface area contributed by atoms with Gasteiger partial charge in [-0.05, 0) is 37.0 Å². The van der Waals surface area contributed by atoms with Crippen LogP contribution in [0.1, 0.15) is 32.6 Å². The van der Waals surface area contributed by atoms with Crippen LogP contribution in [0.15, 0.2) is 18.2 Å². The summed E-state index contributed by atoms with van der Waals surface area (Å²) in [6.07, 6.45) is 5.32. The molecule has 0 bridgehead atoms. The van der Waals surface area contributed by atoms with Gasteiger partial charge in [0.1, 0.15) is 0 Å². The number of hydrogen-bond donors (Lipinski definition) is 1. The molecule has 1 aromatic rings. The maximum absolute atomic E-state index is 6.30. The van der Waals surface area contributed by atoms with Gasteiger partial charge in [0.25, 0.3) is 0 Å². The topological polar surface area (TPSA) is 15.3 Å². The maximum Gasteiger partial charge on any atom is 0.0659 e. The van der Waals surface area contributed by atoms with E-state index < -0.39 is 0 Å². The van der Waals surface area contributed by atoms with Crippen LogP contribution in [0.25, 0.3) is 0 Å². The Kier molecular flexibility index (Phi) is 4.39. The Bertz CT molecular complexity index is 403. The SMILES string of the molecule is CC1CCCCC1Nc1ccc(N(C)C)c(Cl)c1. The largest absolute Gasteiger partial charge is 0.382 e. The summed E-state index contributed by atoms with van der Waals surface area (Å²) < 4.78 is 0. The van der Waals surface area contributed by atoms with Crippen molar-refractivity contribution >= 4 is 23.0 Å². The Labute approximate surface area is 115 Å². The van der Waals surface area contributed by atoms with Crippen LogP contribution in [0.2, 0.25) is 5.02 Å². The van der Waals surface area contributed by atoms with Crippen molar-refractivity contribution in [1.82, 2.24) is 0 Å². The number of halogens is 1. The predicted molar refractivity (Wildman–Crippen MR) is 80.8 cm³/mol. The van der Waals surface area contributed by atoms with Gasteiger partial charge >= 0.3 is 0 Å². The first-order valence-corrected chi connectivity index (χ1v) is 7.19. The molecule has 2 unspecified atom stereocenters. The van der Waals surface area contributed by atoms with Crippen molar-refractivity contribution in [3.05, 3.63) is 23.2 Å². The minimum absolute atomic E-state index is 0.597. The predicted octanol–water partition coefficient (Wildman–Crippen LogP) is 4.40. The number of rotatable bonds is 3. The van der Waals surface area contributed by atoms with E-state index in [2.05, 4.69) is 24.4 Å². The Morgan fingerprint density at radius 1 is 1.22 bits per heavy atom. The van der Waals surface area contributed by atoms with Crippen LogP contribution in [-0.4, -0.2) is 20.1 Å². The van der Waals surface area contributed by atoms with Crippen molar-refractivity contribution in [1.29, 1.82) is 0 Å². The van der Waals surface area contributed by atoms with Gasteiger partial charge in [0, 0.05) is 25.8 Å². The summed E-state index contributed by atoms with van der Waals surface area (Å²) >= 11 is 6.30. The fourth-order valence-electron chi connectivity index (χ4n) is 2.70. The summed E-state index contributed by atoms with van der Waals surface area (Å²) in [6, 6.07) is 6.85. The van der Waals surface area contributed by atoms with Crippen LogP contribution in [-0.2, 0) is 0 Å². The second kappa shape index (κ2) is 5.83. The average molecular weight is 267 g/mol. The average Bonchev–Trinajstić information content (AvgIpc) is 2.32. The molecule has 3 heteroatoms. The molecule has 1 aromatic carbocycles. The fourth-order valence-corrected chi connectivity index (χ4v) is 3.05. The molecule has 18 heavy (non-hydrogen) atoms. The summed E-state index contributed by atoms with van der Waals surface area (Å²) in [6.45, 7) is 2.34. The summed E-state index contributed by atoms with van der Waals surface area (Å²) in [5, 5.41) is 4.45. The Morgan fingerprint density at radius 3 is 2.56 bits per heavy atom. The maximum atomic E-state index is 6.30. The van der Waals surface area contributed by atoms with Crippen LogP contribution in [0, 0.1) is 5.92 Å². The normalized spacial score (nSPS) is 23.8. The summed E-state index contributed by atoms with van der Waals surface area (Å²) in [7, 11) is 4.02. The fraction of sp³-hybridized carbons (Fsp3) is 0.600. The quantitative estimate of drug-likeness (QED) is 0.873. The molecule has 2 atom stereocenters. The number of benzene rings is 1. The second-order valence-corrected chi connectivity index (χ2v) is 5.98. The minimum Gasteiger partial charge on any atom is -0.382 e. The molecule has 2 nitrogen and oxygen atoms in total. The molecule has 0 aromatic heterocycles. The third-order valence-electron chi connectivity index (χ3n) is 3.89. The third-order valence-corrected chi connectivity index (χ3v) is 4.20. The van der Waals surface area contributed by atoms with E-state index in [1.54, 1.807) is 0 Å². The molecule has 100 valence electrons. The van der Waals surface area contributed by atoms with Gasteiger partial charge in [-0.1, -0.05) is 31.4 Å². The highest BCUT2D eigenvalue weighted by Crippen LogP contribution is 2.30. The molecule has 1 fully saturated rings. The molecule has 0 heterocycles. The Balaban J connectivity index is 2.07. The van der Waals surface area contributed by atoms with Crippen molar-refractivity contribution in [2.75, 3.05) is 24.3 Å². The zero-order valence-electron chi connectivity index (χ0n) is 11.5. The Morgan fingerprint density at radius 2 is 1.94 bits per heavy atom. The van der Waals surface area contributed by atoms with Gasteiger partial charge in [-0.15, -0.1) is 0 Å². The second-order valence-electron chi connectivity index (χ2n) is 5.57. The minimum atomic E-state index is 0.597. The van der Waals surface area contributed by atoms with Gasteiger partial charge < -0.3 is 10.2 Å². The first-order chi connectivity index (χ1) is 8.58. The molecule has 1 saturated carbocycles. The van der Waals surface area contributed by atoms with Gasteiger partial charge in [-0.3, -0.25) is 0 Å². The van der Waals surface area contributed by atoms with Crippen LogP contribution in [0.3, 0.4) is 0 Å². The standard InChI is InChI=1S/C15H23ClN2/c1-11-6-4-5-7-14(11)17-12-8-9-15(18(2)3)13(16)10-12/h8-11,14,17H,4-7H2,1-3H3. The first kappa shape index (κ1) is 13.5. The highest BCUT2D eigenvalue weighted by Gasteiger charge is 2.21. The lowest BCUT2D eigenvalue weighted by molar-refractivity contribution is 0.349. The van der Waals surface area contributed by atoms with E-state index in [4.69, 9.17) is 11.6 Å². The summed E-state index contributed by atoms with van der Waals surface area (Å²) in [4.78, 5) is 2.04. The molecule has 0 amide bonds. The number of nitrogens with zero attached hydrogens (tertiary/aromatic N) is 1. The molecule has 2 rings (SSSR count).